The number of hydrogen-bond acceptors (Lipinski definition) is 5. The summed E-state index contributed by atoms with van der Waals surface area (Å²) in [4.78, 5) is 11.5. The average molecular weight is 214 g/mol. The Morgan fingerprint density at radius 2 is 2.14 bits per heavy atom. The van der Waals surface area contributed by atoms with Crippen LogP contribution in [0, 0.1) is 5.41 Å². The van der Waals surface area contributed by atoms with Gasteiger partial charge in [-0.25, -0.2) is 0 Å². The quantitative estimate of drug-likeness (QED) is 0.769. The van der Waals surface area contributed by atoms with Crippen LogP contribution in [0.2, 0.25) is 0 Å². The van der Waals surface area contributed by atoms with Gasteiger partial charge in [-0.2, -0.15) is 0 Å². The van der Waals surface area contributed by atoms with Crippen LogP contribution in [0.4, 0.5) is 5.13 Å². The lowest BCUT2D eigenvalue weighted by Crippen LogP contribution is -2.27. The van der Waals surface area contributed by atoms with Crippen LogP contribution in [-0.2, 0) is 11.3 Å². The summed E-state index contributed by atoms with van der Waals surface area (Å²) in [6.45, 7) is 5.87. The van der Waals surface area contributed by atoms with Gasteiger partial charge in [0, 0.05) is 12.0 Å². The molecular weight excluding hydrogens is 200 g/mol. The molecule has 1 aromatic rings. The van der Waals surface area contributed by atoms with Crippen LogP contribution in [0.15, 0.2) is 0 Å². The van der Waals surface area contributed by atoms with Gasteiger partial charge in [-0.15, -0.1) is 10.2 Å². The molecule has 0 saturated carbocycles. The molecule has 0 aliphatic heterocycles. The number of aromatic nitrogens is 2. The molecule has 6 heteroatoms. The molecule has 0 atom stereocenters. The highest BCUT2D eigenvalue weighted by Crippen LogP contribution is 2.19. The van der Waals surface area contributed by atoms with Crippen molar-refractivity contribution in [2.24, 2.45) is 11.1 Å². The van der Waals surface area contributed by atoms with E-state index in [-0.39, 0.29) is 5.91 Å². The van der Waals surface area contributed by atoms with E-state index in [0.717, 1.165) is 0 Å². The zero-order valence-corrected chi connectivity index (χ0v) is 9.31. The third-order valence-corrected chi connectivity index (χ3v) is 2.40. The molecule has 0 fully saturated rings. The summed E-state index contributed by atoms with van der Waals surface area (Å²) in [5, 5.41) is 11.5. The van der Waals surface area contributed by atoms with Crippen molar-refractivity contribution in [3.8, 4) is 0 Å². The lowest BCUT2D eigenvalue weighted by atomic mass is 9.96. The van der Waals surface area contributed by atoms with Crippen LogP contribution in [0.1, 0.15) is 25.8 Å². The summed E-state index contributed by atoms with van der Waals surface area (Å²) >= 11 is 1.30. The normalized spacial score (nSPS) is 11.4. The lowest BCUT2D eigenvalue weighted by molar-refractivity contribution is -0.123. The topological polar surface area (TPSA) is 80.9 Å². The van der Waals surface area contributed by atoms with Crippen molar-refractivity contribution in [2.75, 3.05) is 5.32 Å². The highest BCUT2D eigenvalue weighted by molar-refractivity contribution is 7.15. The van der Waals surface area contributed by atoms with Crippen molar-refractivity contribution in [3.05, 3.63) is 5.01 Å². The van der Waals surface area contributed by atoms with Crippen LogP contribution in [0.5, 0.6) is 0 Å². The zero-order chi connectivity index (χ0) is 10.8. The molecule has 0 unspecified atom stereocenters. The van der Waals surface area contributed by atoms with Crippen LogP contribution in [-0.4, -0.2) is 16.1 Å². The van der Waals surface area contributed by atoms with E-state index in [0.29, 0.717) is 16.7 Å². The van der Waals surface area contributed by atoms with Gasteiger partial charge in [-0.05, 0) is 0 Å². The molecule has 0 bridgehead atoms. The molecule has 0 aliphatic carbocycles. The summed E-state index contributed by atoms with van der Waals surface area (Å²) < 4.78 is 0. The van der Waals surface area contributed by atoms with Crippen molar-refractivity contribution in [1.29, 1.82) is 0 Å². The minimum Gasteiger partial charge on any atom is -0.324 e. The van der Waals surface area contributed by atoms with Crippen molar-refractivity contribution in [3.63, 3.8) is 0 Å². The fraction of sp³-hybridized carbons (Fsp3) is 0.625. The molecule has 0 spiro atoms. The largest absolute Gasteiger partial charge is 0.324 e. The summed E-state index contributed by atoms with van der Waals surface area (Å²) in [7, 11) is 0. The van der Waals surface area contributed by atoms with Crippen LogP contribution < -0.4 is 11.1 Å². The third kappa shape index (κ3) is 2.74. The maximum atomic E-state index is 11.5. The van der Waals surface area contributed by atoms with Crippen LogP contribution >= 0.6 is 11.3 Å². The molecule has 0 aromatic carbocycles. The number of carbonyl (C=O) groups is 1. The van der Waals surface area contributed by atoms with Gasteiger partial charge in [-0.3, -0.25) is 4.79 Å². The van der Waals surface area contributed by atoms with Gasteiger partial charge in [-0.1, -0.05) is 32.1 Å². The SMILES string of the molecule is CC(C)(C)C(=O)Nc1nnc(CN)s1. The maximum absolute atomic E-state index is 11.5. The summed E-state index contributed by atoms with van der Waals surface area (Å²) in [5.41, 5.74) is 4.95. The summed E-state index contributed by atoms with van der Waals surface area (Å²) in [6, 6.07) is 0. The number of amides is 1. The first kappa shape index (κ1) is 11.1. The third-order valence-electron chi connectivity index (χ3n) is 1.54. The minimum absolute atomic E-state index is 0.0720. The highest BCUT2D eigenvalue weighted by Gasteiger charge is 2.22. The monoisotopic (exact) mass is 214 g/mol. The number of nitrogens with one attached hydrogen (secondary N) is 1. The minimum atomic E-state index is -0.422. The molecule has 1 aromatic heterocycles. The number of rotatable bonds is 2. The Hall–Kier alpha value is -1.01. The van der Waals surface area contributed by atoms with Crippen LogP contribution in [0.3, 0.4) is 0 Å². The first-order valence-corrected chi connectivity index (χ1v) is 5.09. The summed E-state index contributed by atoms with van der Waals surface area (Å²) in [5.74, 6) is -0.0720. The Bertz CT molecular complexity index is 328. The van der Waals surface area contributed by atoms with Crippen molar-refractivity contribution < 1.29 is 4.79 Å². The molecule has 14 heavy (non-hydrogen) atoms. The number of nitrogens with zero attached hydrogens (tertiary/aromatic N) is 2. The Morgan fingerprint density at radius 3 is 2.57 bits per heavy atom. The van der Waals surface area contributed by atoms with Gasteiger partial charge in [0.15, 0.2) is 0 Å². The van der Waals surface area contributed by atoms with Gasteiger partial charge in [0.1, 0.15) is 5.01 Å². The van der Waals surface area contributed by atoms with E-state index in [1.807, 2.05) is 20.8 Å². The standard InChI is InChI=1S/C8H14N4OS/c1-8(2,3)6(13)10-7-12-11-5(4-9)14-7/h4,9H2,1-3H3,(H,10,12,13). The molecule has 78 valence electrons. The number of carbonyl (C=O) groups excluding carboxylic acids is 1. The lowest BCUT2D eigenvalue weighted by Gasteiger charge is -2.15. The highest BCUT2D eigenvalue weighted by atomic mass is 32.1. The van der Waals surface area contributed by atoms with Crippen molar-refractivity contribution >= 4 is 22.4 Å². The molecule has 5 nitrogen and oxygen atoms in total. The molecule has 0 saturated heterocycles. The number of nitrogens with two attached hydrogens (primary N) is 1. The summed E-state index contributed by atoms with van der Waals surface area (Å²) in [6.07, 6.45) is 0. The molecule has 3 N–H and O–H groups in total. The van der Waals surface area contributed by atoms with E-state index >= 15 is 0 Å². The van der Waals surface area contributed by atoms with E-state index in [1.165, 1.54) is 11.3 Å². The Morgan fingerprint density at radius 1 is 1.50 bits per heavy atom. The van der Waals surface area contributed by atoms with Crippen LogP contribution in [0.25, 0.3) is 0 Å². The zero-order valence-electron chi connectivity index (χ0n) is 8.50. The Balaban J connectivity index is 2.65. The first-order valence-electron chi connectivity index (χ1n) is 4.27. The Kier molecular flexibility index (Phi) is 3.17. The molecule has 0 aliphatic rings. The number of hydrogen-bond donors (Lipinski definition) is 2. The average Bonchev–Trinajstić information content (AvgIpc) is 2.50. The van der Waals surface area contributed by atoms with E-state index < -0.39 is 5.41 Å². The molecule has 1 rings (SSSR count). The van der Waals surface area contributed by atoms with Gasteiger partial charge in [0.2, 0.25) is 11.0 Å². The van der Waals surface area contributed by atoms with Gasteiger partial charge < -0.3 is 11.1 Å². The van der Waals surface area contributed by atoms with Gasteiger partial charge in [0.05, 0.1) is 0 Å². The smallest absolute Gasteiger partial charge is 0.231 e. The second kappa shape index (κ2) is 4.02. The molecular formula is C8H14N4OS. The predicted octanol–water partition coefficient (Wildman–Crippen LogP) is 0.981. The fourth-order valence-corrected chi connectivity index (χ4v) is 1.28. The maximum Gasteiger partial charge on any atom is 0.231 e. The molecule has 0 radical (unpaired) electrons. The second-order valence-corrected chi connectivity index (χ2v) is 4.97. The van der Waals surface area contributed by atoms with Gasteiger partial charge >= 0.3 is 0 Å². The van der Waals surface area contributed by atoms with E-state index in [4.69, 9.17) is 5.73 Å². The van der Waals surface area contributed by atoms with E-state index in [2.05, 4.69) is 15.5 Å². The van der Waals surface area contributed by atoms with Crippen molar-refractivity contribution in [1.82, 2.24) is 10.2 Å². The van der Waals surface area contributed by atoms with Crippen molar-refractivity contribution in [2.45, 2.75) is 27.3 Å². The molecule has 1 heterocycles. The van der Waals surface area contributed by atoms with Gasteiger partial charge in [0.25, 0.3) is 0 Å². The fourth-order valence-electron chi connectivity index (χ4n) is 0.671. The predicted molar refractivity (Wildman–Crippen MR) is 55.9 cm³/mol. The number of anilines is 1. The van der Waals surface area contributed by atoms with E-state index in [1.54, 1.807) is 0 Å². The second-order valence-electron chi connectivity index (χ2n) is 3.91. The Labute approximate surface area is 86.7 Å². The molecule has 1 amide bonds. The van der Waals surface area contributed by atoms with E-state index in [9.17, 15) is 4.79 Å². The first-order chi connectivity index (χ1) is 6.43.